The third-order valence-corrected chi connectivity index (χ3v) is 3.66. The van der Waals surface area contributed by atoms with Gasteiger partial charge in [-0.2, -0.15) is 11.8 Å². The Balaban J connectivity index is 2.24. The Hall–Kier alpha value is -2.02. The zero-order chi connectivity index (χ0) is 18.2. The molecule has 0 aliphatic carbocycles. The van der Waals surface area contributed by atoms with Crippen molar-refractivity contribution in [2.45, 2.75) is 33.3 Å². The summed E-state index contributed by atoms with van der Waals surface area (Å²) in [5.74, 6) is 0.659. The molecule has 0 aliphatic rings. The number of carbonyl (C=O) groups is 3. The predicted molar refractivity (Wildman–Crippen MR) is 96.6 cm³/mol. The molecule has 0 bridgehead atoms. The van der Waals surface area contributed by atoms with Crippen LogP contribution in [0, 0.1) is 0 Å². The molecule has 7 heteroatoms. The van der Waals surface area contributed by atoms with E-state index in [0.717, 1.165) is 0 Å². The zero-order valence-corrected chi connectivity index (χ0v) is 15.3. The van der Waals surface area contributed by atoms with Crippen molar-refractivity contribution in [2.75, 3.05) is 23.4 Å². The summed E-state index contributed by atoms with van der Waals surface area (Å²) in [6, 6.07) is 6.81. The fourth-order valence-electron chi connectivity index (χ4n) is 1.72. The van der Waals surface area contributed by atoms with Crippen LogP contribution in [-0.4, -0.2) is 41.4 Å². The van der Waals surface area contributed by atoms with Crippen molar-refractivity contribution in [3.8, 4) is 0 Å². The van der Waals surface area contributed by atoms with Crippen molar-refractivity contribution in [1.29, 1.82) is 0 Å². The highest BCUT2D eigenvalue weighted by Crippen LogP contribution is 2.12. The molecular weight excluding hydrogens is 328 g/mol. The van der Waals surface area contributed by atoms with E-state index >= 15 is 0 Å². The number of rotatable bonds is 7. The molecule has 0 aromatic heterocycles. The Kier molecular flexibility index (Phi) is 7.78. The summed E-state index contributed by atoms with van der Waals surface area (Å²) < 4.78 is 5.11. The van der Waals surface area contributed by atoms with Crippen LogP contribution in [0.3, 0.4) is 0 Å². The minimum absolute atomic E-state index is 0.0475. The number of hydrogen-bond acceptors (Lipinski definition) is 5. The number of Topliss-reactive ketones (excluding diaryl/α,β-unsaturated/α-hetero) is 1. The van der Waals surface area contributed by atoms with E-state index in [1.165, 1.54) is 18.7 Å². The van der Waals surface area contributed by atoms with Crippen LogP contribution in [0.15, 0.2) is 24.3 Å². The standard InChI is InChI=1S/C17H24N2O4S/c1-12(20)13-6-5-7-14(10-13)19-15(21)11-24-9-8-18-16(22)23-17(2,3)4/h5-7,10H,8-9,11H2,1-4H3,(H,18,22)(H,19,21). The SMILES string of the molecule is CC(=O)c1cccc(NC(=O)CSCCNC(=O)OC(C)(C)C)c1. The second kappa shape index (κ2) is 9.32. The molecular formula is C17H24N2O4S. The van der Waals surface area contributed by atoms with Gasteiger partial charge in [0.25, 0.3) is 0 Å². The summed E-state index contributed by atoms with van der Waals surface area (Å²) in [5, 5.41) is 5.38. The molecule has 0 radical (unpaired) electrons. The molecule has 24 heavy (non-hydrogen) atoms. The molecule has 2 N–H and O–H groups in total. The summed E-state index contributed by atoms with van der Waals surface area (Å²) in [7, 11) is 0. The van der Waals surface area contributed by atoms with Gasteiger partial charge in [0.15, 0.2) is 5.78 Å². The van der Waals surface area contributed by atoms with Crippen molar-refractivity contribution < 1.29 is 19.1 Å². The van der Waals surface area contributed by atoms with Gasteiger partial charge in [0.1, 0.15) is 5.60 Å². The molecule has 6 nitrogen and oxygen atoms in total. The number of ether oxygens (including phenoxy) is 1. The molecule has 0 saturated heterocycles. The highest BCUT2D eigenvalue weighted by atomic mass is 32.2. The number of anilines is 1. The summed E-state index contributed by atoms with van der Waals surface area (Å²) in [6.45, 7) is 7.30. The number of thioether (sulfide) groups is 1. The van der Waals surface area contributed by atoms with Gasteiger partial charge in [0, 0.05) is 23.5 Å². The lowest BCUT2D eigenvalue weighted by molar-refractivity contribution is -0.113. The Labute approximate surface area is 146 Å². The molecule has 1 aromatic rings. The quantitative estimate of drug-likeness (QED) is 0.582. The van der Waals surface area contributed by atoms with Crippen LogP contribution in [0.2, 0.25) is 0 Å². The lowest BCUT2D eigenvalue weighted by Crippen LogP contribution is -2.33. The first-order valence-corrected chi connectivity index (χ1v) is 8.78. The Bertz CT molecular complexity index is 596. The first-order valence-electron chi connectivity index (χ1n) is 7.63. The number of nitrogens with one attached hydrogen (secondary N) is 2. The van der Waals surface area contributed by atoms with E-state index in [4.69, 9.17) is 4.74 Å². The number of benzene rings is 1. The highest BCUT2D eigenvalue weighted by Gasteiger charge is 2.15. The van der Waals surface area contributed by atoms with Gasteiger partial charge >= 0.3 is 6.09 Å². The van der Waals surface area contributed by atoms with Crippen LogP contribution in [0.4, 0.5) is 10.5 Å². The zero-order valence-electron chi connectivity index (χ0n) is 14.5. The van der Waals surface area contributed by atoms with Gasteiger partial charge in [0.2, 0.25) is 5.91 Å². The molecule has 1 aromatic carbocycles. The van der Waals surface area contributed by atoms with E-state index < -0.39 is 11.7 Å². The minimum Gasteiger partial charge on any atom is -0.444 e. The van der Waals surface area contributed by atoms with Crippen LogP contribution in [0.1, 0.15) is 38.1 Å². The average Bonchev–Trinajstić information content (AvgIpc) is 2.45. The first kappa shape index (κ1) is 20.0. The molecule has 0 atom stereocenters. The van der Waals surface area contributed by atoms with E-state index in [1.54, 1.807) is 45.0 Å². The maximum atomic E-state index is 11.8. The van der Waals surface area contributed by atoms with Crippen LogP contribution in [-0.2, 0) is 9.53 Å². The molecule has 0 spiro atoms. The van der Waals surface area contributed by atoms with E-state index in [2.05, 4.69) is 10.6 Å². The van der Waals surface area contributed by atoms with Gasteiger partial charge in [-0.25, -0.2) is 4.79 Å². The first-order chi connectivity index (χ1) is 11.2. The van der Waals surface area contributed by atoms with Crippen LogP contribution < -0.4 is 10.6 Å². The monoisotopic (exact) mass is 352 g/mol. The summed E-state index contributed by atoms with van der Waals surface area (Å²) in [6.07, 6.45) is -0.464. The number of hydrogen-bond donors (Lipinski definition) is 2. The molecule has 2 amide bonds. The van der Waals surface area contributed by atoms with Gasteiger partial charge in [-0.15, -0.1) is 0 Å². The third kappa shape index (κ3) is 8.57. The number of ketones is 1. The Morgan fingerprint density at radius 2 is 1.92 bits per heavy atom. The number of amides is 2. The molecule has 0 fully saturated rings. The molecule has 132 valence electrons. The van der Waals surface area contributed by atoms with E-state index in [-0.39, 0.29) is 17.4 Å². The van der Waals surface area contributed by atoms with E-state index in [1.807, 2.05) is 0 Å². The largest absolute Gasteiger partial charge is 0.444 e. The number of alkyl carbamates (subject to hydrolysis) is 1. The fourth-order valence-corrected chi connectivity index (χ4v) is 2.37. The maximum absolute atomic E-state index is 11.8. The predicted octanol–water partition coefficient (Wildman–Crippen LogP) is 3.09. The normalized spacial score (nSPS) is 10.8. The van der Waals surface area contributed by atoms with Gasteiger partial charge < -0.3 is 15.4 Å². The molecule has 0 aliphatic heterocycles. The van der Waals surface area contributed by atoms with Crippen molar-refractivity contribution >= 4 is 35.2 Å². The topological polar surface area (TPSA) is 84.5 Å². The van der Waals surface area contributed by atoms with Crippen molar-refractivity contribution in [3.63, 3.8) is 0 Å². The fraction of sp³-hybridized carbons (Fsp3) is 0.471. The number of carbonyl (C=O) groups excluding carboxylic acids is 3. The van der Waals surface area contributed by atoms with Crippen LogP contribution in [0.5, 0.6) is 0 Å². The summed E-state index contributed by atoms with van der Waals surface area (Å²) >= 11 is 1.40. The lowest BCUT2D eigenvalue weighted by atomic mass is 10.1. The summed E-state index contributed by atoms with van der Waals surface area (Å²) in [5.41, 5.74) is 0.633. The lowest BCUT2D eigenvalue weighted by Gasteiger charge is -2.19. The molecule has 0 unspecified atom stereocenters. The van der Waals surface area contributed by atoms with E-state index in [9.17, 15) is 14.4 Å². The minimum atomic E-state index is -0.522. The Morgan fingerprint density at radius 3 is 2.54 bits per heavy atom. The molecule has 0 heterocycles. The van der Waals surface area contributed by atoms with Crippen molar-refractivity contribution in [2.24, 2.45) is 0 Å². The molecule has 0 saturated carbocycles. The van der Waals surface area contributed by atoms with Gasteiger partial charge in [-0.05, 0) is 39.8 Å². The maximum Gasteiger partial charge on any atom is 0.407 e. The van der Waals surface area contributed by atoms with E-state index in [0.29, 0.717) is 23.5 Å². The van der Waals surface area contributed by atoms with Crippen LogP contribution in [0.25, 0.3) is 0 Å². The van der Waals surface area contributed by atoms with Crippen molar-refractivity contribution in [1.82, 2.24) is 5.32 Å². The second-order valence-electron chi connectivity index (χ2n) is 6.17. The Morgan fingerprint density at radius 1 is 1.21 bits per heavy atom. The smallest absolute Gasteiger partial charge is 0.407 e. The molecule has 1 rings (SSSR count). The summed E-state index contributed by atoms with van der Waals surface area (Å²) in [4.78, 5) is 34.6. The van der Waals surface area contributed by atoms with Gasteiger partial charge in [-0.3, -0.25) is 9.59 Å². The average molecular weight is 352 g/mol. The second-order valence-corrected chi connectivity index (χ2v) is 7.27. The third-order valence-electron chi connectivity index (χ3n) is 2.70. The van der Waals surface area contributed by atoms with Crippen LogP contribution >= 0.6 is 11.8 Å². The van der Waals surface area contributed by atoms with Gasteiger partial charge in [-0.1, -0.05) is 12.1 Å². The van der Waals surface area contributed by atoms with Gasteiger partial charge in [0.05, 0.1) is 5.75 Å². The highest BCUT2D eigenvalue weighted by molar-refractivity contribution is 7.99. The van der Waals surface area contributed by atoms with Crippen molar-refractivity contribution in [3.05, 3.63) is 29.8 Å².